The Kier molecular flexibility index (Phi) is 4.02. The molecule has 23 heavy (non-hydrogen) atoms. The molecule has 0 aromatic heterocycles. The molecule has 2 aliphatic rings. The number of nitrogens with zero attached hydrogens (tertiary/aromatic N) is 1. The van der Waals surface area contributed by atoms with Gasteiger partial charge in [0.25, 0.3) is 5.91 Å². The lowest BCUT2D eigenvalue weighted by Gasteiger charge is -2.33. The van der Waals surface area contributed by atoms with Crippen molar-refractivity contribution < 1.29 is 24.2 Å². The van der Waals surface area contributed by atoms with E-state index in [9.17, 15) is 14.7 Å². The Balaban J connectivity index is 1.89. The van der Waals surface area contributed by atoms with Crippen LogP contribution in [0.25, 0.3) is 0 Å². The number of ether oxygens (including phenoxy) is 2. The lowest BCUT2D eigenvalue weighted by atomic mass is 9.76. The Labute approximate surface area is 135 Å². The molecule has 124 valence electrons. The molecule has 0 spiro atoms. The van der Waals surface area contributed by atoms with Crippen molar-refractivity contribution in [2.45, 2.75) is 13.3 Å². The Morgan fingerprint density at radius 3 is 2.87 bits per heavy atom. The minimum absolute atomic E-state index is 0.0522. The number of carbonyl (C=O) groups excluding carboxylic acids is 1. The number of rotatable bonds is 3. The topological polar surface area (TPSA) is 76.1 Å². The van der Waals surface area contributed by atoms with Gasteiger partial charge in [-0.25, -0.2) is 0 Å². The molecule has 0 saturated carbocycles. The molecule has 1 aromatic rings. The summed E-state index contributed by atoms with van der Waals surface area (Å²) in [5.74, 6) is -0.413. The largest absolute Gasteiger partial charge is 0.496 e. The van der Waals surface area contributed by atoms with Gasteiger partial charge >= 0.3 is 5.97 Å². The number of fused-ring (bicyclic) bond motifs is 1. The van der Waals surface area contributed by atoms with Crippen molar-refractivity contribution in [1.82, 2.24) is 4.90 Å². The Hall–Kier alpha value is -2.08. The molecule has 0 radical (unpaired) electrons. The second-order valence-electron chi connectivity index (χ2n) is 6.32. The van der Waals surface area contributed by atoms with Gasteiger partial charge in [0.2, 0.25) is 0 Å². The number of hydrogen-bond donors (Lipinski definition) is 1. The van der Waals surface area contributed by atoms with Gasteiger partial charge in [-0.2, -0.15) is 0 Å². The minimum Gasteiger partial charge on any atom is -0.496 e. The molecule has 0 bridgehead atoms. The van der Waals surface area contributed by atoms with Crippen LogP contribution in [0.5, 0.6) is 5.75 Å². The van der Waals surface area contributed by atoms with E-state index in [0.717, 1.165) is 5.56 Å². The van der Waals surface area contributed by atoms with Gasteiger partial charge in [0.15, 0.2) is 0 Å². The first kappa shape index (κ1) is 15.8. The van der Waals surface area contributed by atoms with Crippen LogP contribution >= 0.6 is 0 Å². The molecular formula is C17H21NO5. The van der Waals surface area contributed by atoms with Gasteiger partial charge in [-0.1, -0.05) is 6.07 Å². The van der Waals surface area contributed by atoms with E-state index in [1.807, 2.05) is 13.0 Å². The third-order valence-electron chi connectivity index (χ3n) is 5.11. The molecule has 1 N–H and O–H groups in total. The molecule has 1 aromatic carbocycles. The smallest absolute Gasteiger partial charge is 0.314 e. The van der Waals surface area contributed by atoms with E-state index < -0.39 is 11.4 Å². The highest BCUT2D eigenvalue weighted by molar-refractivity contribution is 5.97. The molecule has 2 aliphatic heterocycles. The lowest BCUT2D eigenvalue weighted by molar-refractivity contribution is -0.159. The van der Waals surface area contributed by atoms with E-state index in [1.165, 1.54) is 0 Å². The highest BCUT2D eigenvalue weighted by Crippen LogP contribution is 2.42. The Bertz CT molecular complexity index is 644. The summed E-state index contributed by atoms with van der Waals surface area (Å²) in [6.45, 7) is 3.23. The van der Waals surface area contributed by atoms with E-state index in [2.05, 4.69) is 0 Å². The normalized spacial score (nSPS) is 26.7. The third kappa shape index (κ3) is 2.47. The minimum atomic E-state index is -0.972. The fourth-order valence-corrected chi connectivity index (χ4v) is 3.68. The average molecular weight is 319 g/mol. The summed E-state index contributed by atoms with van der Waals surface area (Å²) in [5.41, 5.74) is 0.362. The summed E-state index contributed by atoms with van der Waals surface area (Å²) in [4.78, 5) is 26.3. The summed E-state index contributed by atoms with van der Waals surface area (Å²) in [5, 5.41) is 9.67. The molecule has 2 fully saturated rings. The fraction of sp³-hybridized carbons (Fsp3) is 0.529. The second-order valence-corrected chi connectivity index (χ2v) is 6.32. The molecule has 3 rings (SSSR count). The zero-order chi connectivity index (χ0) is 16.6. The van der Waals surface area contributed by atoms with Gasteiger partial charge in [-0.15, -0.1) is 0 Å². The summed E-state index contributed by atoms with van der Waals surface area (Å²) in [6, 6.07) is 5.34. The van der Waals surface area contributed by atoms with Gasteiger partial charge in [0.05, 0.1) is 13.7 Å². The van der Waals surface area contributed by atoms with Crippen LogP contribution in [-0.2, 0) is 9.53 Å². The van der Waals surface area contributed by atoms with Crippen LogP contribution in [0.4, 0.5) is 0 Å². The number of benzene rings is 1. The van der Waals surface area contributed by atoms with Crippen LogP contribution in [0.2, 0.25) is 0 Å². The summed E-state index contributed by atoms with van der Waals surface area (Å²) < 4.78 is 10.7. The van der Waals surface area contributed by atoms with E-state index in [1.54, 1.807) is 24.1 Å². The van der Waals surface area contributed by atoms with Crippen molar-refractivity contribution >= 4 is 11.9 Å². The second kappa shape index (κ2) is 5.85. The maximum absolute atomic E-state index is 12.9. The van der Waals surface area contributed by atoms with Crippen molar-refractivity contribution in [2.24, 2.45) is 11.3 Å². The highest BCUT2D eigenvalue weighted by Gasteiger charge is 2.55. The van der Waals surface area contributed by atoms with Crippen LogP contribution in [0.3, 0.4) is 0 Å². The van der Waals surface area contributed by atoms with Gasteiger partial charge in [0, 0.05) is 30.8 Å². The molecule has 6 nitrogen and oxygen atoms in total. The number of amides is 1. The first-order valence-electron chi connectivity index (χ1n) is 7.73. The van der Waals surface area contributed by atoms with Crippen LogP contribution in [0.1, 0.15) is 22.3 Å². The lowest BCUT2D eigenvalue weighted by Crippen LogP contribution is -2.46. The Morgan fingerprint density at radius 2 is 2.22 bits per heavy atom. The zero-order valence-corrected chi connectivity index (χ0v) is 13.4. The van der Waals surface area contributed by atoms with Crippen LogP contribution in [0, 0.1) is 18.3 Å². The molecule has 1 amide bonds. The number of aliphatic carboxylic acids is 1. The predicted molar refractivity (Wildman–Crippen MR) is 82.6 cm³/mol. The molecule has 2 saturated heterocycles. The number of carbonyl (C=O) groups is 2. The van der Waals surface area contributed by atoms with Gasteiger partial charge < -0.3 is 19.5 Å². The Morgan fingerprint density at radius 1 is 1.43 bits per heavy atom. The molecule has 6 heteroatoms. The van der Waals surface area contributed by atoms with Gasteiger partial charge in [-0.3, -0.25) is 9.59 Å². The maximum atomic E-state index is 12.9. The SMILES string of the molecule is COc1cccc(C(=O)N2C[C@@H]3CCOC[C@]3(C(=O)O)C2)c1C. The summed E-state index contributed by atoms with van der Waals surface area (Å²) >= 11 is 0. The van der Waals surface area contributed by atoms with E-state index in [-0.39, 0.29) is 25.0 Å². The van der Waals surface area contributed by atoms with E-state index in [4.69, 9.17) is 9.47 Å². The summed E-state index contributed by atoms with van der Waals surface area (Å²) in [7, 11) is 1.57. The monoisotopic (exact) mass is 319 g/mol. The number of likely N-dealkylation sites (tertiary alicyclic amines) is 1. The van der Waals surface area contributed by atoms with Crippen LogP contribution < -0.4 is 4.74 Å². The average Bonchev–Trinajstić information content (AvgIpc) is 2.95. The standard InChI is InChI=1S/C17H21NO5/c1-11-13(4-3-5-14(11)22-2)15(19)18-8-12-6-7-23-10-17(12,9-18)16(20)21/h3-5,12H,6-10H2,1-2H3,(H,20,21)/t12-,17+/m0/s1. The third-order valence-corrected chi connectivity index (χ3v) is 5.11. The van der Waals surface area contributed by atoms with Crippen LogP contribution in [0.15, 0.2) is 18.2 Å². The first-order valence-corrected chi connectivity index (χ1v) is 7.73. The number of methoxy groups -OCH3 is 1. The first-order chi connectivity index (χ1) is 11.0. The van der Waals surface area contributed by atoms with Gasteiger partial charge in [-0.05, 0) is 31.4 Å². The number of carboxylic acid groups (broad SMARTS) is 1. The predicted octanol–water partition coefficient (Wildman–Crippen LogP) is 1.57. The maximum Gasteiger partial charge on any atom is 0.314 e. The molecular weight excluding hydrogens is 298 g/mol. The van der Waals surface area contributed by atoms with E-state index >= 15 is 0 Å². The molecule has 2 atom stereocenters. The molecule has 0 aliphatic carbocycles. The van der Waals surface area contributed by atoms with E-state index in [0.29, 0.717) is 30.9 Å². The molecule has 2 heterocycles. The summed E-state index contributed by atoms with van der Waals surface area (Å²) in [6.07, 6.45) is 0.674. The van der Waals surface area contributed by atoms with Crippen LogP contribution in [-0.4, -0.2) is 55.3 Å². The van der Waals surface area contributed by atoms with Crippen molar-refractivity contribution in [2.75, 3.05) is 33.4 Å². The van der Waals surface area contributed by atoms with Gasteiger partial charge in [0.1, 0.15) is 11.2 Å². The van der Waals surface area contributed by atoms with Crippen molar-refractivity contribution in [3.8, 4) is 5.75 Å². The molecule has 0 unspecified atom stereocenters. The fourth-order valence-electron chi connectivity index (χ4n) is 3.68. The highest BCUT2D eigenvalue weighted by atomic mass is 16.5. The zero-order valence-electron chi connectivity index (χ0n) is 13.4. The quantitative estimate of drug-likeness (QED) is 0.915. The van der Waals surface area contributed by atoms with Crippen molar-refractivity contribution in [3.63, 3.8) is 0 Å². The van der Waals surface area contributed by atoms with Crippen molar-refractivity contribution in [3.05, 3.63) is 29.3 Å². The number of hydrogen-bond acceptors (Lipinski definition) is 4. The van der Waals surface area contributed by atoms with Crippen molar-refractivity contribution in [1.29, 1.82) is 0 Å². The number of carboxylic acids is 1.